The van der Waals surface area contributed by atoms with E-state index >= 15 is 0 Å². The second-order valence-electron chi connectivity index (χ2n) is 2.41. The van der Waals surface area contributed by atoms with Crippen LogP contribution >= 0.6 is 0 Å². The minimum absolute atomic E-state index is 0.257. The highest BCUT2D eigenvalue weighted by atomic mass is 32.3. The molecule has 3 nitrogen and oxygen atoms in total. The summed E-state index contributed by atoms with van der Waals surface area (Å²) in [5.74, 6) is -2.23. The minimum atomic E-state index is -5.05. The molecule has 0 aliphatic heterocycles. The zero-order valence-corrected chi connectivity index (χ0v) is 7.77. The van der Waals surface area contributed by atoms with Crippen LogP contribution in [0.3, 0.4) is 0 Å². The molecule has 0 radical (unpaired) electrons. The SMILES string of the molecule is O=S(=O)(F)c1ccc(OC(F)F)c(F)c1. The van der Waals surface area contributed by atoms with Gasteiger partial charge in [-0.05, 0) is 18.2 Å². The summed E-state index contributed by atoms with van der Waals surface area (Å²) in [5, 5.41) is 0. The van der Waals surface area contributed by atoms with E-state index in [2.05, 4.69) is 4.74 Å². The van der Waals surface area contributed by atoms with Crippen LogP contribution in [0.1, 0.15) is 0 Å². The van der Waals surface area contributed by atoms with Gasteiger partial charge in [-0.3, -0.25) is 0 Å². The molecule has 0 heterocycles. The molecule has 0 fully saturated rings. The Morgan fingerprint density at radius 2 is 1.87 bits per heavy atom. The maximum atomic E-state index is 12.9. The molecule has 8 heteroatoms. The van der Waals surface area contributed by atoms with Crippen molar-refractivity contribution in [3.05, 3.63) is 24.0 Å². The van der Waals surface area contributed by atoms with E-state index in [9.17, 15) is 25.5 Å². The maximum Gasteiger partial charge on any atom is 0.387 e. The first-order valence-corrected chi connectivity index (χ1v) is 4.88. The summed E-state index contributed by atoms with van der Waals surface area (Å²) in [5.41, 5.74) is 0. The Morgan fingerprint density at radius 3 is 2.27 bits per heavy atom. The van der Waals surface area contributed by atoms with Crippen LogP contribution in [0, 0.1) is 5.82 Å². The molecule has 0 aliphatic carbocycles. The summed E-state index contributed by atoms with van der Waals surface area (Å²) in [7, 11) is -5.05. The number of benzene rings is 1. The highest BCUT2D eigenvalue weighted by Gasteiger charge is 2.16. The zero-order chi connectivity index (χ0) is 11.6. The summed E-state index contributed by atoms with van der Waals surface area (Å²) in [6.07, 6.45) is 0. The minimum Gasteiger partial charge on any atom is -0.432 e. The smallest absolute Gasteiger partial charge is 0.387 e. The maximum absolute atomic E-state index is 12.9. The third-order valence-corrected chi connectivity index (χ3v) is 2.22. The number of alkyl halides is 2. The van der Waals surface area contributed by atoms with Crippen molar-refractivity contribution in [2.45, 2.75) is 11.5 Å². The molecule has 1 aromatic rings. The summed E-state index contributed by atoms with van der Waals surface area (Å²) in [6.45, 7) is -3.24. The Balaban J connectivity index is 3.09. The number of ether oxygens (including phenoxy) is 1. The van der Waals surface area contributed by atoms with E-state index in [4.69, 9.17) is 0 Å². The predicted molar refractivity (Wildman–Crippen MR) is 41.3 cm³/mol. The number of rotatable bonds is 3. The molecule has 1 rings (SSSR count). The van der Waals surface area contributed by atoms with Crippen LogP contribution in [-0.4, -0.2) is 15.0 Å². The normalized spacial score (nSPS) is 11.8. The Labute approximate surface area is 82.5 Å². The van der Waals surface area contributed by atoms with Crippen molar-refractivity contribution in [3.8, 4) is 5.75 Å². The number of hydrogen-bond acceptors (Lipinski definition) is 3. The van der Waals surface area contributed by atoms with Gasteiger partial charge in [0.25, 0.3) is 0 Å². The summed E-state index contributed by atoms with van der Waals surface area (Å²) in [4.78, 5) is -0.957. The quantitative estimate of drug-likeness (QED) is 0.604. The Kier molecular flexibility index (Phi) is 3.18. The molecule has 0 spiro atoms. The monoisotopic (exact) mass is 244 g/mol. The molecule has 1 aromatic carbocycles. The standard InChI is InChI=1S/C7H4F4O3S/c8-5-3-4(15(11,12)13)1-2-6(5)14-7(9)10/h1-3,7H. The lowest BCUT2D eigenvalue weighted by molar-refractivity contribution is -0.0522. The fourth-order valence-corrected chi connectivity index (χ4v) is 1.30. The van der Waals surface area contributed by atoms with Crippen molar-refractivity contribution in [3.63, 3.8) is 0 Å². The third-order valence-electron chi connectivity index (χ3n) is 1.40. The van der Waals surface area contributed by atoms with Gasteiger partial charge in [0.2, 0.25) is 0 Å². The summed E-state index contributed by atoms with van der Waals surface area (Å²) in [6, 6.07) is 1.48. The van der Waals surface area contributed by atoms with Gasteiger partial charge >= 0.3 is 16.8 Å². The van der Waals surface area contributed by atoms with Gasteiger partial charge in [0, 0.05) is 0 Å². The van der Waals surface area contributed by atoms with E-state index in [1.54, 1.807) is 0 Å². The molecule has 0 N–H and O–H groups in total. The van der Waals surface area contributed by atoms with Gasteiger partial charge in [-0.2, -0.15) is 17.2 Å². The van der Waals surface area contributed by atoms with Gasteiger partial charge in [-0.15, -0.1) is 3.89 Å². The average molecular weight is 244 g/mol. The average Bonchev–Trinajstić information content (AvgIpc) is 2.05. The lowest BCUT2D eigenvalue weighted by Gasteiger charge is -2.05. The zero-order valence-electron chi connectivity index (χ0n) is 6.95. The summed E-state index contributed by atoms with van der Waals surface area (Å²) >= 11 is 0. The van der Waals surface area contributed by atoms with Crippen molar-refractivity contribution in [2.24, 2.45) is 0 Å². The second-order valence-corrected chi connectivity index (χ2v) is 3.76. The Bertz CT molecular complexity index is 457. The molecular formula is C7H4F4O3S. The molecule has 0 saturated carbocycles. The molecular weight excluding hydrogens is 240 g/mol. The Morgan fingerprint density at radius 1 is 1.27 bits per heavy atom. The number of hydrogen-bond donors (Lipinski definition) is 0. The molecule has 0 bridgehead atoms. The van der Waals surface area contributed by atoms with E-state index in [1.807, 2.05) is 0 Å². The Hall–Kier alpha value is -1.31. The fraction of sp³-hybridized carbons (Fsp3) is 0.143. The molecule has 0 aromatic heterocycles. The molecule has 0 amide bonds. The van der Waals surface area contributed by atoms with Crippen molar-refractivity contribution < 1.29 is 30.2 Å². The van der Waals surface area contributed by atoms with Crippen LogP contribution in [0.4, 0.5) is 17.1 Å². The summed E-state index contributed by atoms with van der Waals surface area (Å²) < 4.78 is 72.8. The van der Waals surface area contributed by atoms with E-state index in [0.717, 1.165) is 0 Å². The highest BCUT2D eigenvalue weighted by molar-refractivity contribution is 7.86. The van der Waals surface area contributed by atoms with Crippen molar-refractivity contribution in [1.29, 1.82) is 0 Å². The first-order valence-electron chi connectivity index (χ1n) is 3.50. The highest BCUT2D eigenvalue weighted by Crippen LogP contribution is 2.23. The first kappa shape index (κ1) is 11.8. The molecule has 0 saturated heterocycles. The van der Waals surface area contributed by atoms with Gasteiger partial charge in [0.1, 0.15) is 4.90 Å². The molecule has 0 atom stereocenters. The van der Waals surface area contributed by atoms with Crippen LogP contribution in [0.2, 0.25) is 0 Å². The van der Waals surface area contributed by atoms with Gasteiger partial charge in [-0.25, -0.2) is 4.39 Å². The molecule has 0 aliphatic rings. The van der Waals surface area contributed by atoms with Crippen LogP contribution < -0.4 is 4.74 Å². The largest absolute Gasteiger partial charge is 0.432 e. The third kappa shape index (κ3) is 3.08. The molecule has 84 valence electrons. The van der Waals surface area contributed by atoms with Crippen LogP contribution in [-0.2, 0) is 10.2 Å². The van der Waals surface area contributed by atoms with Crippen molar-refractivity contribution in [1.82, 2.24) is 0 Å². The van der Waals surface area contributed by atoms with E-state index < -0.39 is 33.3 Å². The van der Waals surface area contributed by atoms with Crippen molar-refractivity contribution in [2.75, 3.05) is 0 Å². The fourth-order valence-electron chi connectivity index (χ4n) is 0.825. The number of halogens is 4. The van der Waals surface area contributed by atoms with Crippen LogP contribution in [0.5, 0.6) is 5.75 Å². The van der Waals surface area contributed by atoms with Gasteiger partial charge < -0.3 is 4.74 Å². The van der Waals surface area contributed by atoms with Crippen LogP contribution in [0.15, 0.2) is 23.1 Å². The topological polar surface area (TPSA) is 43.4 Å². The van der Waals surface area contributed by atoms with Gasteiger partial charge in [-0.1, -0.05) is 0 Å². The lowest BCUT2D eigenvalue weighted by atomic mass is 10.3. The first-order chi connectivity index (χ1) is 6.80. The predicted octanol–water partition coefficient (Wildman–Crippen LogP) is 2.09. The molecule has 15 heavy (non-hydrogen) atoms. The van der Waals surface area contributed by atoms with E-state index in [0.29, 0.717) is 12.1 Å². The lowest BCUT2D eigenvalue weighted by Crippen LogP contribution is -2.04. The van der Waals surface area contributed by atoms with E-state index in [1.165, 1.54) is 0 Å². The second kappa shape index (κ2) is 4.05. The van der Waals surface area contributed by atoms with Gasteiger partial charge in [0.05, 0.1) is 0 Å². The van der Waals surface area contributed by atoms with Crippen molar-refractivity contribution >= 4 is 10.2 Å². The van der Waals surface area contributed by atoms with E-state index in [-0.39, 0.29) is 6.07 Å². The molecule has 0 unspecified atom stereocenters. The van der Waals surface area contributed by atoms with Gasteiger partial charge in [0.15, 0.2) is 11.6 Å². The van der Waals surface area contributed by atoms with Crippen LogP contribution in [0.25, 0.3) is 0 Å².